The lowest BCUT2D eigenvalue weighted by atomic mass is 10.3. The van der Waals surface area contributed by atoms with E-state index < -0.39 is 22.4 Å². The first-order valence-corrected chi connectivity index (χ1v) is 5.76. The van der Waals surface area contributed by atoms with Crippen LogP contribution in [-0.4, -0.2) is 15.5 Å². The van der Waals surface area contributed by atoms with Crippen molar-refractivity contribution in [2.45, 2.75) is 30.0 Å². The van der Waals surface area contributed by atoms with Gasteiger partial charge in [-0.2, -0.15) is 0 Å². The Bertz CT molecular complexity index is 382. The van der Waals surface area contributed by atoms with Crippen molar-refractivity contribution in [2.75, 3.05) is 0 Å². The van der Waals surface area contributed by atoms with Crippen molar-refractivity contribution in [3.63, 3.8) is 0 Å². The van der Waals surface area contributed by atoms with E-state index in [1.165, 1.54) is 6.07 Å². The Hall–Kier alpha value is -0.810. The standard InChI is InChI=1S/C10H13F2NOS/c1-6(13)7(2)15(14)8-3-4-9(11)10(12)5-8/h3-7H,13H2,1-2H3. The lowest BCUT2D eigenvalue weighted by Gasteiger charge is -2.14. The van der Waals surface area contributed by atoms with Crippen LogP contribution in [0.3, 0.4) is 0 Å². The van der Waals surface area contributed by atoms with Crippen LogP contribution in [0.25, 0.3) is 0 Å². The maximum Gasteiger partial charge on any atom is 0.160 e. The molecule has 5 heteroatoms. The maximum absolute atomic E-state index is 12.9. The molecule has 3 unspecified atom stereocenters. The predicted octanol–water partition coefficient (Wildman–Crippen LogP) is 1.81. The van der Waals surface area contributed by atoms with Crippen molar-refractivity contribution < 1.29 is 13.0 Å². The molecule has 0 amide bonds. The molecule has 0 bridgehead atoms. The molecule has 0 heterocycles. The van der Waals surface area contributed by atoms with Crippen molar-refractivity contribution >= 4 is 10.8 Å². The van der Waals surface area contributed by atoms with E-state index in [1.807, 2.05) is 0 Å². The molecule has 0 aliphatic rings. The summed E-state index contributed by atoms with van der Waals surface area (Å²) in [5, 5.41) is -0.296. The van der Waals surface area contributed by atoms with Gasteiger partial charge in [-0.25, -0.2) is 8.78 Å². The van der Waals surface area contributed by atoms with Gasteiger partial charge >= 0.3 is 0 Å². The number of benzene rings is 1. The van der Waals surface area contributed by atoms with Gasteiger partial charge in [0.15, 0.2) is 11.6 Å². The molecule has 15 heavy (non-hydrogen) atoms. The quantitative estimate of drug-likeness (QED) is 0.865. The smallest absolute Gasteiger partial charge is 0.160 e. The largest absolute Gasteiger partial charge is 0.327 e. The molecule has 0 saturated carbocycles. The van der Waals surface area contributed by atoms with Gasteiger partial charge in [-0.3, -0.25) is 4.21 Å². The van der Waals surface area contributed by atoms with Gasteiger partial charge in [-0.1, -0.05) is 0 Å². The van der Waals surface area contributed by atoms with E-state index >= 15 is 0 Å². The van der Waals surface area contributed by atoms with Crippen LogP contribution in [0.4, 0.5) is 8.78 Å². The highest BCUT2D eigenvalue weighted by atomic mass is 32.2. The molecule has 84 valence electrons. The predicted molar refractivity (Wildman–Crippen MR) is 55.9 cm³/mol. The zero-order chi connectivity index (χ0) is 11.6. The van der Waals surface area contributed by atoms with E-state index in [9.17, 15) is 13.0 Å². The van der Waals surface area contributed by atoms with Gasteiger partial charge in [0.1, 0.15) is 0 Å². The monoisotopic (exact) mass is 233 g/mol. The van der Waals surface area contributed by atoms with Crippen LogP contribution in [0.2, 0.25) is 0 Å². The Labute approximate surface area is 89.9 Å². The summed E-state index contributed by atoms with van der Waals surface area (Å²) in [6.07, 6.45) is 0. The molecule has 0 spiro atoms. The lowest BCUT2D eigenvalue weighted by molar-refractivity contribution is 0.505. The van der Waals surface area contributed by atoms with Gasteiger partial charge in [0, 0.05) is 10.9 Å². The van der Waals surface area contributed by atoms with Crippen molar-refractivity contribution in [1.29, 1.82) is 0 Å². The fourth-order valence-corrected chi connectivity index (χ4v) is 2.25. The van der Waals surface area contributed by atoms with Crippen LogP contribution in [0.5, 0.6) is 0 Å². The summed E-state index contributed by atoms with van der Waals surface area (Å²) in [5.74, 6) is -1.93. The number of halogens is 2. The molecule has 2 nitrogen and oxygen atoms in total. The van der Waals surface area contributed by atoms with Crippen molar-refractivity contribution in [3.05, 3.63) is 29.8 Å². The minimum atomic E-state index is -1.41. The number of rotatable bonds is 3. The van der Waals surface area contributed by atoms with E-state index in [0.29, 0.717) is 0 Å². The third kappa shape index (κ3) is 2.82. The van der Waals surface area contributed by atoms with Crippen molar-refractivity contribution in [2.24, 2.45) is 5.73 Å². The maximum atomic E-state index is 12.9. The molecule has 1 aromatic carbocycles. The highest BCUT2D eigenvalue weighted by Gasteiger charge is 2.18. The zero-order valence-electron chi connectivity index (χ0n) is 8.54. The summed E-state index contributed by atoms with van der Waals surface area (Å²) >= 11 is 0. The second kappa shape index (κ2) is 4.81. The van der Waals surface area contributed by atoms with Crippen LogP contribution in [0.15, 0.2) is 23.1 Å². The highest BCUT2D eigenvalue weighted by molar-refractivity contribution is 7.85. The van der Waals surface area contributed by atoms with Gasteiger partial charge in [0.25, 0.3) is 0 Å². The summed E-state index contributed by atoms with van der Waals surface area (Å²) in [7, 11) is -1.41. The second-order valence-corrected chi connectivity index (χ2v) is 5.25. The summed E-state index contributed by atoms with van der Waals surface area (Å²) in [5.41, 5.74) is 5.58. The third-order valence-corrected chi connectivity index (χ3v) is 4.02. The summed E-state index contributed by atoms with van der Waals surface area (Å²) in [6, 6.07) is 2.97. The minimum Gasteiger partial charge on any atom is -0.327 e. The molecule has 1 aromatic rings. The third-order valence-electron chi connectivity index (χ3n) is 2.20. The topological polar surface area (TPSA) is 43.1 Å². The number of hydrogen-bond acceptors (Lipinski definition) is 2. The number of hydrogen-bond donors (Lipinski definition) is 1. The SMILES string of the molecule is CC(N)C(C)S(=O)c1ccc(F)c(F)c1. The van der Waals surface area contributed by atoms with E-state index in [1.54, 1.807) is 13.8 Å². The molecule has 0 radical (unpaired) electrons. The Balaban J connectivity index is 2.97. The molecule has 0 saturated heterocycles. The number of nitrogens with two attached hydrogens (primary N) is 1. The van der Waals surface area contributed by atoms with Crippen LogP contribution < -0.4 is 5.73 Å². The van der Waals surface area contributed by atoms with E-state index in [2.05, 4.69) is 0 Å². The fraction of sp³-hybridized carbons (Fsp3) is 0.400. The van der Waals surface area contributed by atoms with Crippen molar-refractivity contribution in [3.8, 4) is 0 Å². The van der Waals surface area contributed by atoms with Crippen LogP contribution >= 0.6 is 0 Å². The first-order chi connectivity index (χ1) is 6.93. The Kier molecular flexibility index (Phi) is 3.93. The molecule has 0 aliphatic heterocycles. The summed E-state index contributed by atoms with van der Waals surface area (Å²) in [6.45, 7) is 3.44. The average molecular weight is 233 g/mol. The van der Waals surface area contributed by atoms with Gasteiger partial charge in [-0.05, 0) is 32.0 Å². The van der Waals surface area contributed by atoms with Gasteiger partial charge in [0.2, 0.25) is 0 Å². The zero-order valence-corrected chi connectivity index (χ0v) is 9.35. The van der Waals surface area contributed by atoms with Crippen LogP contribution in [0, 0.1) is 11.6 Å². The molecule has 1 rings (SSSR count). The average Bonchev–Trinajstić information content (AvgIpc) is 2.19. The Morgan fingerprint density at radius 3 is 2.33 bits per heavy atom. The molecule has 0 aromatic heterocycles. The van der Waals surface area contributed by atoms with E-state index in [4.69, 9.17) is 5.73 Å². The van der Waals surface area contributed by atoms with Crippen LogP contribution in [0.1, 0.15) is 13.8 Å². The van der Waals surface area contributed by atoms with Gasteiger partial charge < -0.3 is 5.73 Å². The minimum absolute atomic E-state index is 0.263. The second-order valence-electron chi connectivity index (χ2n) is 3.44. The first kappa shape index (κ1) is 12.3. The molecule has 3 atom stereocenters. The summed E-state index contributed by atoms with van der Waals surface area (Å²) < 4.78 is 37.3. The van der Waals surface area contributed by atoms with Crippen molar-refractivity contribution in [1.82, 2.24) is 0 Å². The molecular weight excluding hydrogens is 220 g/mol. The van der Waals surface area contributed by atoms with E-state index in [0.717, 1.165) is 12.1 Å². The summed E-state index contributed by atoms with van der Waals surface area (Å²) in [4.78, 5) is 0.263. The fourth-order valence-electron chi connectivity index (χ4n) is 1.01. The Morgan fingerprint density at radius 1 is 1.27 bits per heavy atom. The van der Waals surface area contributed by atoms with E-state index in [-0.39, 0.29) is 16.2 Å². The van der Waals surface area contributed by atoms with Gasteiger partial charge in [0.05, 0.1) is 16.0 Å². The highest BCUT2D eigenvalue weighted by Crippen LogP contribution is 2.16. The Morgan fingerprint density at radius 2 is 1.87 bits per heavy atom. The first-order valence-electron chi connectivity index (χ1n) is 4.54. The normalized spacial score (nSPS) is 17.1. The molecule has 2 N–H and O–H groups in total. The molecule has 0 aliphatic carbocycles. The van der Waals surface area contributed by atoms with Gasteiger partial charge in [-0.15, -0.1) is 0 Å². The molecule has 0 fully saturated rings. The molecular formula is C10H13F2NOS. The lowest BCUT2D eigenvalue weighted by Crippen LogP contribution is -2.32. The van der Waals surface area contributed by atoms with Crippen LogP contribution in [-0.2, 0) is 10.8 Å².